The molecule has 2 amide bonds. The first-order chi connectivity index (χ1) is 11.8. The van der Waals surface area contributed by atoms with Crippen LogP contribution in [0, 0.1) is 0 Å². The number of hydrogen-bond acceptors (Lipinski definition) is 5. The summed E-state index contributed by atoms with van der Waals surface area (Å²) in [7, 11) is 0. The average molecular weight is 362 g/mol. The largest absolute Gasteiger partial charge is 0.449 e. The molecule has 2 aromatic rings. The van der Waals surface area contributed by atoms with Gasteiger partial charge in [-0.3, -0.25) is 9.59 Å². The molecule has 0 unspecified atom stereocenters. The minimum atomic E-state index is -1.01. The predicted octanol–water partition coefficient (Wildman–Crippen LogP) is 2.88. The van der Waals surface area contributed by atoms with Gasteiger partial charge >= 0.3 is 5.97 Å². The summed E-state index contributed by atoms with van der Waals surface area (Å²) in [4.78, 5) is 39.0. The van der Waals surface area contributed by atoms with E-state index in [0.717, 1.165) is 0 Å². The lowest BCUT2D eigenvalue weighted by molar-refractivity contribution is -0.123. The van der Waals surface area contributed by atoms with Crippen LogP contribution in [0.25, 0.3) is 0 Å². The van der Waals surface area contributed by atoms with Crippen LogP contribution >= 0.6 is 11.6 Å². The highest BCUT2D eigenvalue weighted by Gasteiger charge is 2.19. The molecule has 0 saturated carbocycles. The molecule has 25 heavy (non-hydrogen) atoms. The van der Waals surface area contributed by atoms with E-state index in [1.165, 1.54) is 38.2 Å². The Morgan fingerprint density at radius 1 is 1.08 bits per heavy atom. The zero-order valence-electron chi connectivity index (χ0n) is 13.6. The maximum atomic E-state index is 12.1. The number of amides is 2. The number of esters is 1. The summed E-state index contributed by atoms with van der Waals surface area (Å²) < 4.78 is 5.12. The van der Waals surface area contributed by atoms with Crippen molar-refractivity contribution >= 4 is 40.9 Å². The molecule has 1 heterocycles. The second-order valence-electron chi connectivity index (χ2n) is 5.16. The Labute approximate surface area is 149 Å². The Bertz CT molecular complexity index is 775. The molecule has 130 valence electrons. The Morgan fingerprint density at radius 3 is 2.32 bits per heavy atom. The van der Waals surface area contributed by atoms with E-state index < -0.39 is 18.0 Å². The monoisotopic (exact) mass is 361 g/mol. The minimum Gasteiger partial charge on any atom is -0.449 e. The SMILES string of the molecule is CC(=O)Nc1ccc(C(=O)O[C@@H](C)C(=O)Nc2ccc(Cl)cn2)cc1. The molecule has 0 spiro atoms. The van der Waals surface area contributed by atoms with Crippen molar-refractivity contribution in [2.75, 3.05) is 10.6 Å². The number of carbonyl (C=O) groups excluding carboxylic acids is 3. The third kappa shape index (κ3) is 5.58. The molecular formula is C17H16ClN3O4. The van der Waals surface area contributed by atoms with E-state index in [1.807, 2.05) is 0 Å². The molecule has 2 N–H and O–H groups in total. The molecule has 0 fully saturated rings. The van der Waals surface area contributed by atoms with E-state index in [0.29, 0.717) is 16.5 Å². The summed E-state index contributed by atoms with van der Waals surface area (Å²) in [6, 6.07) is 9.26. The van der Waals surface area contributed by atoms with Crippen LogP contribution in [-0.2, 0) is 14.3 Å². The van der Waals surface area contributed by atoms with E-state index in [-0.39, 0.29) is 11.5 Å². The van der Waals surface area contributed by atoms with E-state index in [9.17, 15) is 14.4 Å². The van der Waals surface area contributed by atoms with Crippen molar-refractivity contribution < 1.29 is 19.1 Å². The number of nitrogens with one attached hydrogen (secondary N) is 2. The lowest BCUT2D eigenvalue weighted by Gasteiger charge is -2.13. The molecule has 0 radical (unpaired) electrons. The van der Waals surface area contributed by atoms with Gasteiger partial charge in [0.2, 0.25) is 5.91 Å². The Hall–Kier alpha value is -2.93. The van der Waals surface area contributed by atoms with Crippen molar-refractivity contribution in [2.45, 2.75) is 20.0 Å². The van der Waals surface area contributed by atoms with Gasteiger partial charge in [-0.15, -0.1) is 0 Å². The third-order valence-corrected chi connectivity index (χ3v) is 3.30. The zero-order valence-corrected chi connectivity index (χ0v) is 14.3. The van der Waals surface area contributed by atoms with Gasteiger partial charge in [0.1, 0.15) is 5.82 Å². The molecular weight excluding hydrogens is 346 g/mol. The first kappa shape index (κ1) is 18.4. The number of aromatic nitrogens is 1. The van der Waals surface area contributed by atoms with Crippen molar-refractivity contribution in [2.24, 2.45) is 0 Å². The maximum Gasteiger partial charge on any atom is 0.338 e. The number of ether oxygens (including phenoxy) is 1. The summed E-state index contributed by atoms with van der Waals surface area (Å²) in [5, 5.41) is 5.56. The van der Waals surface area contributed by atoms with E-state index in [4.69, 9.17) is 16.3 Å². The number of benzene rings is 1. The second kappa shape index (κ2) is 8.25. The molecule has 0 aliphatic heterocycles. The molecule has 1 aromatic carbocycles. The molecule has 0 aliphatic carbocycles. The fraction of sp³-hybridized carbons (Fsp3) is 0.176. The van der Waals surface area contributed by atoms with Gasteiger partial charge in [-0.25, -0.2) is 9.78 Å². The lowest BCUT2D eigenvalue weighted by Crippen LogP contribution is -2.30. The number of rotatable bonds is 5. The molecule has 0 aliphatic rings. The Balaban J connectivity index is 1.93. The fourth-order valence-corrected chi connectivity index (χ4v) is 1.96. The standard InChI is InChI=1S/C17H16ClN3O4/c1-10(16(23)21-15-8-5-13(18)9-19-15)25-17(24)12-3-6-14(7-4-12)20-11(2)22/h3-10H,1-2H3,(H,20,22)(H,19,21,23)/t10-/m0/s1. The summed E-state index contributed by atoms with van der Waals surface area (Å²) in [5.74, 6) is -1.08. The summed E-state index contributed by atoms with van der Waals surface area (Å²) in [6.45, 7) is 2.84. The summed E-state index contributed by atoms with van der Waals surface area (Å²) in [5.41, 5.74) is 0.821. The van der Waals surface area contributed by atoms with Crippen molar-refractivity contribution in [1.29, 1.82) is 0 Å². The van der Waals surface area contributed by atoms with Crippen molar-refractivity contribution in [3.8, 4) is 0 Å². The van der Waals surface area contributed by atoms with Crippen LogP contribution in [0.2, 0.25) is 5.02 Å². The quantitative estimate of drug-likeness (QED) is 0.798. The predicted molar refractivity (Wildman–Crippen MR) is 93.5 cm³/mol. The molecule has 0 bridgehead atoms. The second-order valence-corrected chi connectivity index (χ2v) is 5.59. The van der Waals surface area contributed by atoms with Crippen molar-refractivity contribution in [1.82, 2.24) is 4.98 Å². The lowest BCUT2D eigenvalue weighted by atomic mass is 10.2. The van der Waals surface area contributed by atoms with Crippen LogP contribution in [0.3, 0.4) is 0 Å². The van der Waals surface area contributed by atoms with Gasteiger partial charge in [0.15, 0.2) is 6.10 Å². The maximum absolute atomic E-state index is 12.1. The smallest absolute Gasteiger partial charge is 0.338 e. The zero-order chi connectivity index (χ0) is 18.4. The number of nitrogens with zero attached hydrogens (tertiary/aromatic N) is 1. The van der Waals surface area contributed by atoms with Gasteiger partial charge in [-0.1, -0.05) is 11.6 Å². The van der Waals surface area contributed by atoms with Crippen LogP contribution in [0.15, 0.2) is 42.6 Å². The van der Waals surface area contributed by atoms with E-state index in [1.54, 1.807) is 18.2 Å². The van der Waals surface area contributed by atoms with Gasteiger partial charge in [0.05, 0.1) is 10.6 Å². The third-order valence-electron chi connectivity index (χ3n) is 3.07. The summed E-state index contributed by atoms with van der Waals surface area (Å²) >= 11 is 5.72. The van der Waals surface area contributed by atoms with Gasteiger partial charge in [0.25, 0.3) is 5.91 Å². The van der Waals surface area contributed by atoms with Gasteiger partial charge in [-0.05, 0) is 43.3 Å². The Kier molecular flexibility index (Phi) is 6.08. The normalized spacial score (nSPS) is 11.3. The number of anilines is 2. The van der Waals surface area contributed by atoms with Crippen molar-refractivity contribution in [3.05, 3.63) is 53.2 Å². The summed E-state index contributed by atoms with van der Waals surface area (Å²) in [6.07, 6.45) is 0.379. The van der Waals surface area contributed by atoms with Crippen molar-refractivity contribution in [3.63, 3.8) is 0 Å². The topological polar surface area (TPSA) is 97.4 Å². The number of hydrogen-bond donors (Lipinski definition) is 2. The van der Waals surface area contributed by atoms with E-state index in [2.05, 4.69) is 15.6 Å². The molecule has 7 nitrogen and oxygen atoms in total. The average Bonchev–Trinajstić information content (AvgIpc) is 2.57. The van der Waals surface area contributed by atoms with Crippen LogP contribution in [0.1, 0.15) is 24.2 Å². The van der Waals surface area contributed by atoms with Crippen LogP contribution in [-0.4, -0.2) is 28.9 Å². The number of pyridine rings is 1. The van der Waals surface area contributed by atoms with Crippen LogP contribution in [0.4, 0.5) is 11.5 Å². The van der Waals surface area contributed by atoms with Crippen LogP contribution in [0.5, 0.6) is 0 Å². The van der Waals surface area contributed by atoms with Crippen LogP contribution < -0.4 is 10.6 Å². The van der Waals surface area contributed by atoms with E-state index >= 15 is 0 Å². The highest BCUT2D eigenvalue weighted by atomic mass is 35.5. The molecule has 0 saturated heterocycles. The fourth-order valence-electron chi connectivity index (χ4n) is 1.85. The Morgan fingerprint density at radius 2 is 1.76 bits per heavy atom. The first-order valence-electron chi connectivity index (χ1n) is 7.36. The first-order valence-corrected chi connectivity index (χ1v) is 7.74. The molecule has 2 rings (SSSR count). The minimum absolute atomic E-state index is 0.212. The van der Waals surface area contributed by atoms with Gasteiger partial charge < -0.3 is 15.4 Å². The molecule has 1 atom stereocenters. The van der Waals surface area contributed by atoms with Gasteiger partial charge in [0, 0.05) is 18.8 Å². The molecule has 8 heteroatoms. The number of carbonyl (C=O) groups is 3. The number of halogens is 1. The highest BCUT2D eigenvalue weighted by Crippen LogP contribution is 2.13. The highest BCUT2D eigenvalue weighted by molar-refractivity contribution is 6.30. The van der Waals surface area contributed by atoms with Gasteiger partial charge in [-0.2, -0.15) is 0 Å². The molecule has 1 aromatic heterocycles.